The highest BCUT2D eigenvalue weighted by atomic mass is 32.2. The highest BCUT2D eigenvalue weighted by Crippen LogP contribution is 2.34. The molecule has 0 aliphatic heterocycles. The lowest BCUT2D eigenvalue weighted by Crippen LogP contribution is -2.24. The van der Waals surface area contributed by atoms with Crippen molar-refractivity contribution < 1.29 is 21.6 Å². The first kappa shape index (κ1) is 15.2. The lowest BCUT2D eigenvalue weighted by atomic mass is 10.4. The van der Waals surface area contributed by atoms with Gasteiger partial charge in [-0.1, -0.05) is 11.3 Å². The number of hydrogen-bond acceptors (Lipinski definition) is 5. The molecule has 0 fully saturated rings. The molecule has 0 aliphatic rings. The summed E-state index contributed by atoms with van der Waals surface area (Å²) < 4.78 is 60.4. The molecule has 0 atom stereocenters. The van der Waals surface area contributed by atoms with Gasteiger partial charge in [-0.15, -0.1) is 0 Å². The van der Waals surface area contributed by atoms with Crippen molar-refractivity contribution in [1.29, 1.82) is 0 Å². The highest BCUT2D eigenvalue weighted by Gasteiger charge is 2.33. The molecule has 1 heterocycles. The van der Waals surface area contributed by atoms with Crippen LogP contribution in [-0.4, -0.2) is 32.7 Å². The number of anilines is 1. The van der Waals surface area contributed by atoms with Crippen LogP contribution in [-0.2, 0) is 16.2 Å². The maximum atomic E-state index is 12.2. The number of rotatable bonds is 6. The monoisotopic (exact) mass is 303 g/mol. The average molecular weight is 303 g/mol. The van der Waals surface area contributed by atoms with Crippen LogP contribution in [0.1, 0.15) is 11.3 Å². The van der Waals surface area contributed by atoms with E-state index in [4.69, 9.17) is 0 Å². The highest BCUT2D eigenvalue weighted by molar-refractivity contribution is 7.88. The maximum absolute atomic E-state index is 12.2. The second-order valence-electron chi connectivity index (χ2n) is 3.47. The van der Waals surface area contributed by atoms with E-state index < -0.39 is 21.1 Å². The Hall–Kier alpha value is -0.870. The maximum Gasteiger partial charge on any atom is 0.427 e. The summed E-state index contributed by atoms with van der Waals surface area (Å²) in [6.07, 6.45) is -2.12. The minimum absolute atomic E-state index is 0.168. The van der Waals surface area contributed by atoms with Crippen LogP contribution in [0.2, 0.25) is 0 Å². The summed E-state index contributed by atoms with van der Waals surface area (Å²) in [7, 11) is -3.22. The fourth-order valence-electron chi connectivity index (χ4n) is 1.03. The molecule has 2 N–H and O–H groups in total. The number of sulfonamides is 1. The third-order valence-electron chi connectivity index (χ3n) is 1.78. The Balaban J connectivity index is 2.30. The summed E-state index contributed by atoms with van der Waals surface area (Å²) in [5.74, 6) is 0. The summed E-state index contributed by atoms with van der Waals surface area (Å²) >= 11 is 0.518. The first-order valence-corrected chi connectivity index (χ1v) is 7.61. The van der Waals surface area contributed by atoms with Gasteiger partial charge in [0.1, 0.15) is 4.88 Å². The molecule has 5 nitrogen and oxygen atoms in total. The van der Waals surface area contributed by atoms with Crippen molar-refractivity contribution in [2.24, 2.45) is 0 Å². The zero-order valence-electron chi connectivity index (χ0n) is 9.41. The van der Waals surface area contributed by atoms with Crippen molar-refractivity contribution in [2.45, 2.75) is 12.6 Å². The lowest BCUT2D eigenvalue weighted by molar-refractivity contribution is -0.134. The normalized spacial score (nSPS) is 12.7. The number of nitrogens with one attached hydrogen (secondary N) is 2. The molecule has 0 unspecified atom stereocenters. The number of thiazole rings is 1. The van der Waals surface area contributed by atoms with Gasteiger partial charge in [0.15, 0.2) is 5.13 Å². The Bertz CT molecular complexity index is 484. The molecular formula is C8H12F3N3O2S2. The minimum atomic E-state index is -4.38. The molecule has 104 valence electrons. The molecule has 0 amide bonds. The number of nitrogens with zero attached hydrogens (tertiary/aromatic N) is 1. The van der Waals surface area contributed by atoms with E-state index in [9.17, 15) is 21.6 Å². The van der Waals surface area contributed by atoms with E-state index in [0.29, 0.717) is 24.3 Å². The minimum Gasteiger partial charge on any atom is -0.361 e. The van der Waals surface area contributed by atoms with Crippen LogP contribution in [0.3, 0.4) is 0 Å². The average Bonchev–Trinajstić information content (AvgIpc) is 2.63. The van der Waals surface area contributed by atoms with Gasteiger partial charge in [-0.2, -0.15) is 13.2 Å². The fourth-order valence-corrected chi connectivity index (χ4v) is 2.25. The van der Waals surface area contributed by atoms with Gasteiger partial charge < -0.3 is 5.32 Å². The van der Waals surface area contributed by atoms with E-state index in [-0.39, 0.29) is 11.7 Å². The van der Waals surface area contributed by atoms with E-state index in [0.717, 1.165) is 12.5 Å². The first-order valence-electron chi connectivity index (χ1n) is 4.90. The van der Waals surface area contributed by atoms with E-state index in [1.165, 1.54) is 0 Å². The Morgan fingerprint density at radius 3 is 2.56 bits per heavy atom. The summed E-state index contributed by atoms with van der Waals surface area (Å²) in [5, 5.41) is 2.86. The predicted octanol–water partition coefficient (Wildman–Crippen LogP) is 1.51. The molecular weight excluding hydrogens is 291 g/mol. The van der Waals surface area contributed by atoms with Gasteiger partial charge in [-0.3, -0.25) is 0 Å². The number of hydrogen-bond donors (Lipinski definition) is 2. The topological polar surface area (TPSA) is 71.1 Å². The Morgan fingerprint density at radius 2 is 2.06 bits per heavy atom. The van der Waals surface area contributed by atoms with Gasteiger partial charge in [0.25, 0.3) is 0 Å². The quantitative estimate of drug-likeness (QED) is 0.782. The molecule has 0 aliphatic carbocycles. The van der Waals surface area contributed by atoms with Gasteiger partial charge in [0.2, 0.25) is 10.0 Å². The Labute approximate surface area is 106 Å². The number of alkyl halides is 3. The molecule has 1 aromatic rings. The fraction of sp³-hybridized carbons (Fsp3) is 0.625. The Morgan fingerprint density at radius 1 is 1.39 bits per heavy atom. The van der Waals surface area contributed by atoms with Gasteiger partial charge in [-0.05, 0) is 6.42 Å². The SMILES string of the molecule is CS(=O)(=O)NCCCNc1ncc(C(F)(F)F)s1. The Kier molecular flexibility index (Phi) is 4.93. The van der Waals surface area contributed by atoms with E-state index in [2.05, 4.69) is 15.0 Å². The van der Waals surface area contributed by atoms with Crippen LogP contribution >= 0.6 is 11.3 Å². The molecule has 1 aromatic heterocycles. The van der Waals surface area contributed by atoms with Crippen molar-refractivity contribution in [3.05, 3.63) is 11.1 Å². The summed E-state index contributed by atoms with van der Waals surface area (Å²) in [5.41, 5.74) is 0. The van der Waals surface area contributed by atoms with Gasteiger partial charge in [0, 0.05) is 13.1 Å². The molecule has 0 aromatic carbocycles. The zero-order chi connectivity index (χ0) is 13.8. The van der Waals surface area contributed by atoms with E-state index >= 15 is 0 Å². The molecule has 0 saturated carbocycles. The second kappa shape index (κ2) is 5.85. The zero-order valence-corrected chi connectivity index (χ0v) is 11.0. The molecule has 0 radical (unpaired) electrons. The van der Waals surface area contributed by atoms with Crippen LogP contribution in [0.15, 0.2) is 6.20 Å². The van der Waals surface area contributed by atoms with Crippen LogP contribution in [0.25, 0.3) is 0 Å². The van der Waals surface area contributed by atoms with Crippen LogP contribution in [0.5, 0.6) is 0 Å². The third-order valence-corrected chi connectivity index (χ3v) is 3.51. The lowest BCUT2D eigenvalue weighted by Gasteiger charge is -2.03. The van der Waals surface area contributed by atoms with Crippen LogP contribution < -0.4 is 10.0 Å². The van der Waals surface area contributed by atoms with Crippen molar-refractivity contribution in [3.8, 4) is 0 Å². The van der Waals surface area contributed by atoms with Crippen molar-refractivity contribution >= 4 is 26.5 Å². The van der Waals surface area contributed by atoms with E-state index in [1.807, 2.05) is 0 Å². The first-order chi connectivity index (χ1) is 8.18. The third kappa shape index (κ3) is 5.65. The standard InChI is InChI=1S/C8H12F3N3O2S2/c1-18(15,16)14-4-2-3-12-7-13-5-6(17-7)8(9,10)11/h5,14H,2-4H2,1H3,(H,12,13). The van der Waals surface area contributed by atoms with Crippen LogP contribution in [0.4, 0.5) is 18.3 Å². The van der Waals surface area contributed by atoms with Gasteiger partial charge >= 0.3 is 6.18 Å². The molecule has 0 bridgehead atoms. The molecule has 18 heavy (non-hydrogen) atoms. The number of halogens is 3. The molecule has 1 rings (SSSR count). The predicted molar refractivity (Wildman–Crippen MR) is 63.1 cm³/mol. The van der Waals surface area contributed by atoms with Gasteiger partial charge in [0.05, 0.1) is 12.5 Å². The number of aromatic nitrogens is 1. The summed E-state index contributed by atoms with van der Waals surface area (Å²) in [6, 6.07) is 0. The molecule has 10 heteroatoms. The summed E-state index contributed by atoms with van der Waals surface area (Å²) in [4.78, 5) is 2.81. The van der Waals surface area contributed by atoms with Gasteiger partial charge in [-0.25, -0.2) is 18.1 Å². The molecule has 0 saturated heterocycles. The smallest absolute Gasteiger partial charge is 0.361 e. The molecule has 0 spiro atoms. The van der Waals surface area contributed by atoms with Crippen molar-refractivity contribution in [1.82, 2.24) is 9.71 Å². The largest absolute Gasteiger partial charge is 0.427 e. The van der Waals surface area contributed by atoms with Crippen molar-refractivity contribution in [2.75, 3.05) is 24.7 Å². The van der Waals surface area contributed by atoms with Crippen molar-refractivity contribution in [3.63, 3.8) is 0 Å². The summed E-state index contributed by atoms with van der Waals surface area (Å²) in [6.45, 7) is 0.566. The van der Waals surface area contributed by atoms with E-state index in [1.54, 1.807) is 0 Å². The second-order valence-corrected chi connectivity index (χ2v) is 6.34. The van der Waals surface area contributed by atoms with Crippen LogP contribution in [0, 0.1) is 0 Å².